The first-order valence-corrected chi connectivity index (χ1v) is 7.92. The summed E-state index contributed by atoms with van der Waals surface area (Å²) in [4.78, 5) is 2.55. The molecule has 1 saturated carbocycles. The third-order valence-electron chi connectivity index (χ3n) is 6.20. The molecule has 4 rings (SSSR count). The minimum absolute atomic E-state index is 0.247. The molecule has 20 heavy (non-hydrogen) atoms. The lowest BCUT2D eigenvalue weighted by atomic mass is 9.52. The first kappa shape index (κ1) is 9.83. The van der Waals surface area contributed by atoms with Gasteiger partial charge in [-0.3, -0.25) is 0 Å². The normalized spacial score (nSPS) is 39.0. The molecule has 1 unspecified atom stereocenters. The molecule has 1 aromatic carbocycles. The molecule has 2 fully saturated rings. The molecule has 2 bridgehead atoms. The van der Waals surface area contributed by atoms with Crippen LogP contribution in [0.2, 0.25) is 0 Å². The van der Waals surface area contributed by atoms with Gasteiger partial charge in [0.05, 0.1) is 11.2 Å². The summed E-state index contributed by atoms with van der Waals surface area (Å²) >= 11 is 0. The lowest BCUT2D eigenvalue weighted by Crippen LogP contribution is -2.59. The number of methoxy groups -OCH3 is 1. The van der Waals surface area contributed by atoms with Crippen molar-refractivity contribution >= 4 is 0 Å². The van der Waals surface area contributed by atoms with Crippen molar-refractivity contribution in [2.45, 2.75) is 50.0 Å². The Morgan fingerprint density at radius 1 is 1.35 bits per heavy atom. The van der Waals surface area contributed by atoms with Crippen LogP contribution in [0, 0.1) is 5.92 Å². The fourth-order valence-corrected chi connectivity index (χ4v) is 5.24. The second-order valence-corrected chi connectivity index (χ2v) is 6.93. The third-order valence-corrected chi connectivity index (χ3v) is 6.20. The molecule has 0 amide bonds. The molecule has 0 spiro atoms. The van der Waals surface area contributed by atoms with E-state index in [-0.39, 0.29) is 5.41 Å². The van der Waals surface area contributed by atoms with Gasteiger partial charge in [0.1, 0.15) is 5.75 Å². The Hall–Kier alpha value is -1.02. The number of hydrogen-bond donors (Lipinski definition) is 0. The molecule has 1 saturated heterocycles. The zero-order valence-corrected chi connectivity index (χ0v) is 12.2. The predicted molar refractivity (Wildman–Crippen MR) is 81.4 cm³/mol. The Morgan fingerprint density at radius 2 is 2.30 bits per heavy atom. The van der Waals surface area contributed by atoms with Crippen molar-refractivity contribution in [3.8, 4) is 5.75 Å². The Morgan fingerprint density at radius 3 is 3.20 bits per heavy atom. The SMILES string of the molecule is [2H]C([2H])([2H])Oc1ccc2c(c1)[C@]13CCCC[C@@H]1C(C2)N(C)CC3. The molecule has 1 aliphatic heterocycles. The monoisotopic (exact) mass is 274 g/mol. The average molecular weight is 274 g/mol. The van der Waals surface area contributed by atoms with Crippen molar-refractivity contribution in [3.63, 3.8) is 0 Å². The van der Waals surface area contributed by atoms with Gasteiger partial charge < -0.3 is 9.64 Å². The number of rotatable bonds is 1. The van der Waals surface area contributed by atoms with Crippen LogP contribution in [0.5, 0.6) is 5.75 Å². The maximum absolute atomic E-state index is 7.36. The molecule has 0 N–H and O–H groups in total. The van der Waals surface area contributed by atoms with Gasteiger partial charge in [-0.05, 0) is 68.5 Å². The van der Waals surface area contributed by atoms with Crippen LogP contribution in [0.25, 0.3) is 0 Å². The molecule has 1 aromatic rings. The summed E-state index contributed by atoms with van der Waals surface area (Å²) in [5.74, 6) is 1.21. The van der Waals surface area contributed by atoms with Crippen molar-refractivity contribution in [2.75, 3.05) is 20.6 Å². The van der Waals surface area contributed by atoms with E-state index < -0.39 is 7.04 Å². The highest BCUT2D eigenvalue weighted by atomic mass is 16.5. The van der Waals surface area contributed by atoms with Crippen molar-refractivity contribution in [3.05, 3.63) is 29.3 Å². The fraction of sp³-hybridized carbons (Fsp3) is 0.667. The van der Waals surface area contributed by atoms with Crippen molar-refractivity contribution in [1.29, 1.82) is 0 Å². The van der Waals surface area contributed by atoms with Crippen molar-refractivity contribution < 1.29 is 8.85 Å². The van der Waals surface area contributed by atoms with Gasteiger partial charge >= 0.3 is 0 Å². The van der Waals surface area contributed by atoms with E-state index in [1.54, 1.807) is 0 Å². The zero-order chi connectivity index (χ0) is 16.2. The standard InChI is InChI=1S/C18H25NO/c1-19-10-9-18-8-4-3-5-15(18)17(19)11-13-6-7-14(20-2)12-16(13)18/h6-7,12,15,17H,3-5,8-11H2,1-2H3/t15-,17?,18+/m1/s1/i2D3. The van der Waals surface area contributed by atoms with Gasteiger partial charge in [-0.15, -0.1) is 0 Å². The third kappa shape index (κ3) is 1.60. The quantitative estimate of drug-likeness (QED) is 0.778. The van der Waals surface area contributed by atoms with Crippen LogP contribution in [0.1, 0.15) is 47.3 Å². The van der Waals surface area contributed by atoms with Gasteiger partial charge in [0, 0.05) is 11.5 Å². The largest absolute Gasteiger partial charge is 0.497 e. The maximum Gasteiger partial charge on any atom is 0.119 e. The first-order valence-electron chi connectivity index (χ1n) is 9.42. The van der Waals surface area contributed by atoms with E-state index in [0.717, 1.165) is 13.0 Å². The molecule has 3 atom stereocenters. The molecule has 108 valence electrons. The van der Waals surface area contributed by atoms with E-state index >= 15 is 0 Å². The molecule has 2 heteroatoms. The maximum atomic E-state index is 7.36. The summed E-state index contributed by atoms with van der Waals surface area (Å²) in [5, 5.41) is 0. The molecule has 3 aliphatic rings. The van der Waals surface area contributed by atoms with Crippen LogP contribution in [-0.2, 0) is 11.8 Å². The predicted octanol–water partition coefficient (Wildman–Crippen LogP) is 3.38. The van der Waals surface area contributed by atoms with Gasteiger partial charge in [-0.2, -0.15) is 0 Å². The van der Waals surface area contributed by atoms with E-state index in [4.69, 9.17) is 8.85 Å². The van der Waals surface area contributed by atoms with Crippen LogP contribution in [-0.4, -0.2) is 31.6 Å². The molecule has 1 heterocycles. The number of hydrogen-bond acceptors (Lipinski definition) is 2. The van der Waals surface area contributed by atoms with Crippen molar-refractivity contribution in [1.82, 2.24) is 4.90 Å². The van der Waals surface area contributed by atoms with Gasteiger partial charge in [0.15, 0.2) is 0 Å². The van der Waals surface area contributed by atoms with Gasteiger partial charge in [-0.1, -0.05) is 18.9 Å². The van der Waals surface area contributed by atoms with E-state index in [1.165, 1.54) is 43.2 Å². The minimum Gasteiger partial charge on any atom is -0.497 e. The van der Waals surface area contributed by atoms with Crippen LogP contribution in [0.4, 0.5) is 0 Å². The number of fused-ring (bicyclic) bond motifs is 1. The van der Waals surface area contributed by atoms with Crippen LogP contribution in [0.15, 0.2) is 18.2 Å². The topological polar surface area (TPSA) is 12.5 Å². The number of piperidine rings is 1. The van der Waals surface area contributed by atoms with Gasteiger partial charge in [0.25, 0.3) is 0 Å². The fourth-order valence-electron chi connectivity index (χ4n) is 5.24. The summed E-state index contributed by atoms with van der Waals surface area (Å²) in [6.07, 6.45) is 7.44. The van der Waals surface area contributed by atoms with Crippen LogP contribution < -0.4 is 4.74 Å². The lowest BCUT2D eigenvalue weighted by molar-refractivity contribution is 0.00274. The second-order valence-electron chi connectivity index (χ2n) is 6.93. The Kier molecular flexibility index (Phi) is 2.21. The summed E-state index contributed by atoms with van der Waals surface area (Å²) in [6, 6.07) is 6.63. The number of ether oxygens (including phenoxy) is 1. The number of likely N-dealkylation sites (tertiary alicyclic amines) is 1. The van der Waals surface area contributed by atoms with Crippen LogP contribution in [0.3, 0.4) is 0 Å². The summed E-state index contributed by atoms with van der Waals surface area (Å²) in [6.45, 7) is 1.14. The second kappa shape index (κ2) is 4.49. The molecule has 0 radical (unpaired) electrons. The van der Waals surface area contributed by atoms with E-state index in [2.05, 4.69) is 18.0 Å². The average Bonchev–Trinajstić information content (AvgIpc) is 2.50. The molecule has 2 nitrogen and oxygen atoms in total. The highest BCUT2D eigenvalue weighted by Crippen LogP contribution is 2.55. The zero-order valence-electron chi connectivity index (χ0n) is 15.2. The van der Waals surface area contributed by atoms with Gasteiger partial charge in [0.2, 0.25) is 0 Å². The van der Waals surface area contributed by atoms with Crippen molar-refractivity contribution in [2.24, 2.45) is 5.92 Å². The molecular formula is C18H25NO. The van der Waals surface area contributed by atoms with E-state index in [0.29, 0.717) is 17.7 Å². The molecule has 0 aromatic heterocycles. The Labute approximate surface area is 126 Å². The molecular weight excluding hydrogens is 246 g/mol. The number of nitrogens with zero attached hydrogens (tertiary/aromatic N) is 1. The first-order chi connectivity index (χ1) is 10.9. The summed E-state index contributed by atoms with van der Waals surface area (Å²) in [5.41, 5.74) is 3.03. The summed E-state index contributed by atoms with van der Waals surface area (Å²) < 4.78 is 27.3. The number of benzene rings is 1. The van der Waals surface area contributed by atoms with E-state index in [9.17, 15) is 0 Å². The summed E-state index contributed by atoms with van der Waals surface area (Å²) in [7, 11) is -0.109. The Bertz CT molecular complexity index is 615. The van der Waals surface area contributed by atoms with E-state index in [1.807, 2.05) is 12.1 Å². The highest BCUT2D eigenvalue weighted by molar-refractivity contribution is 5.45. The van der Waals surface area contributed by atoms with Gasteiger partial charge in [-0.25, -0.2) is 0 Å². The Balaban J connectivity index is 1.79. The smallest absolute Gasteiger partial charge is 0.119 e. The lowest BCUT2D eigenvalue weighted by Gasteiger charge is -2.58. The highest BCUT2D eigenvalue weighted by Gasteiger charge is 2.53. The number of likely N-dealkylation sites (N-methyl/N-ethyl adjacent to an activating group) is 1. The minimum atomic E-state index is -2.37. The molecule has 2 aliphatic carbocycles. The van der Waals surface area contributed by atoms with Crippen LogP contribution >= 0.6 is 0 Å².